The molecule has 1 aliphatic heterocycles. The Hall–Kier alpha value is -0.770. The number of carbonyl (C=O) groups excluding carboxylic acids is 1. The van der Waals surface area contributed by atoms with E-state index >= 15 is 0 Å². The van der Waals surface area contributed by atoms with Crippen molar-refractivity contribution in [2.24, 2.45) is 5.92 Å². The van der Waals surface area contributed by atoms with E-state index in [0.717, 1.165) is 26.1 Å². The highest BCUT2D eigenvalue weighted by Crippen LogP contribution is 2.16. The summed E-state index contributed by atoms with van der Waals surface area (Å²) in [4.78, 5) is 13.4. The van der Waals surface area contributed by atoms with Gasteiger partial charge in [0.05, 0.1) is 0 Å². The lowest BCUT2D eigenvalue weighted by Crippen LogP contribution is -2.41. The molecule has 2 amide bonds. The molecule has 0 bridgehead atoms. The first kappa shape index (κ1) is 13.3. The Morgan fingerprint density at radius 3 is 2.69 bits per heavy atom. The first-order chi connectivity index (χ1) is 7.72. The topological polar surface area (TPSA) is 44.4 Å². The molecule has 4 heteroatoms. The maximum absolute atomic E-state index is 11.5. The summed E-state index contributed by atoms with van der Waals surface area (Å²) in [7, 11) is 2.02. The highest BCUT2D eigenvalue weighted by Gasteiger charge is 2.25. The molecule has 1 heterocycles. The molecule has 2 N–H and O–H groups in total. The van der Waals surface area contributed by atoms with Crippen LogP contribution in [0, 0.1) is 5.92 Å². The zero-order valence-corrected chi connectivity index (χ0v) is 10.8. The quantitative estimate of drug-likeness (QED) is 0.691. The van der Waals surface area contributed by atoms with E-state index in [1.807, 2.05) is 11.9 Å². The minimum Gasteiger partial charge on any atom is -0.336 e. The molecule has 94 valence electrons. The van der Waals surface area contributed by atoms with Crippen molar-refractivity contribution in [2.75, 3.05) is 26.7 Å². The molecular weight excluding hydrogens is 202 g/mol. The lowest BCUT2D eigenvalue weighted by molar-refractivity contribution is 0.197. The second kappa shape index (κ2) is 6.74. The maximum Gasteiger partial charge on any atom is 0.317 e. The molecule has 0 spiro atoms. The molecule has 1 aliphatic rings. The predicted molar refractivity (Wildman–Crippen MR) is 66.5 cm³/mol. The van der Waals surface area contributed by atoms with E-state index in [1.165, 1.54) is 12.8 Å². The van der Waals surface area contributed by atoms with Crippen molar-refractivity contribution in [3.05, 3.63) is 0 Å². The Bertz CT molecular complexity index is 220. The van der Waals surface area contributed by atoms with Crippen molar-refractivity contribution < 1.29 is 4.79 Å². The third kappa shape index (κ3) is 3.37. The highest BCUT2D eigenvalue weighted by molar-refractivity contribution is 5.76. The van der Waals surface area contributed by atoms with Crippen LogP contribution in [0.4, 0.5) is 4.79 Å². The lowest BCUT2D eigenvalue weighted by atomic mass is 9.93. The van der Waals surface area contributed by atoms with Crippen molar-refractivity contribution in [3.8, 4) is 0 Å². The summed E-state index contributed by atoms with van der Waals surface area (Å²) in [5, 5.41) is 6.24. The van der Waals surface area contributed by atoms with Gasteiger partial charge in [-0.1, -0.05) is 26.7 Å². The summed E-state index contributed by atoms with van der Waals surface area (Å²) < 4.78 is 0. The van der Waals surface area contributed by atoms with E-state index in [1.54, 1.807) is 0 Å². The smallest absolute Gasteiger partial charge is 0.317 e. The van der Waals surface area contributed by atoms with Gasteiger partial charge in [0.2, 0.25) is 0 Å². The van der Waals surface area contributed by atoms with E-state index in [2.05, 4.69) is 24.5 Å². The molecule has 0 aromatic heterocycles. The molecule has 0 aromatic carbocycles. The Kier molecular flexibility index (Phi) is 5.60. The van der Waals surface area contributed by atoms with Crippen LogP contribution in [0.5, 0.6) is 0 Å². The Morgan fingerprint density at radius 1 is 1.50 bits per heavy atom. The number of nitrogens with one attached hydrogen (secondary N) is 2. The van der Waals surface area contributed by atoms with Crippen LogP contribution in [0.25, 0.3) is 0 Å². The maximum atomic E-state index is 11.5. The van der Waals surface area contributed by atoms with Gasteiger partial charge in [-0.25, -0.2) is 4.79 Å². The third-order valence-electron chi connectivity index (χ3n) is 3.46. The number of amides is 2. The van der Waals surface area contributed by atoms with Crippen molar-refractivity contribution in [2.45, 2.75) is 39.2 Å². The molecule has 2 atom stereocenters. The van der Waals surface area contributed by atoms with E-state index in [0.29, 0.717) is 12.0 Å². The summed E-state index contributed by atoms with van der Waals surface area (Å²) in [6, 6.07) is 0.633. The van der Waals surface area contributed by atoms with Crippen LogP contribution in [0.3, 0.4) is 0 Å². The molecule has 1 fully saturated rings. The standard InChI is InChI=1S/C12H25N3O/c1-4-6-11(13-3)10(5-2)9-15-8-7-14-12(15)16/h10-11,13H,4-9H2,1-3H3,(H,14,16). The van der Waals surface area contributed by atoms with E-state index < -0.39 is 0 Å². The van der Waals surface area contributed by atoms with Gasteiger partial charge in [0.25, 0.3) is 0 Å². The van der Waals surface area contributed by atoms with Gasteiger partial charge < -0.3 is 15.5 Å². The number of carbonyl (C=O) groups is 1. The van der Waals surface area contributed by atoms with Crippen molar-refractivity contribution >= 4 is 6.03 Å². The summed E-state index contributed by atoms with van der Waals surface area (Å²) in [5.41, 5.74) is 0. The molecule has 0 saturated carbocycles. The van der Waals surface area contributed by atoms with Crippen molar-refractivity contribution in [1.82, 2.24) is 15.5 Å². The average Bonchev–Trinajstić information content (AvgIpc) is 2.69. The molecule has 0 aromatic rings. The van der Waals surface area contributed by atoms with E-state index in [4.69, 9.17) is 0 Å². The number of urea groups is 1. The van der Waals surface area contributed by atoms with Crippen LogP contribution in [0.1, 0.15) is 33.1 Å². The molecular formula is C12H25N3O. The monoisotopic (exact) mass is 227 g/mol. The number of rotatable bonds is 7. The van der Waals surface area contributed by atoms with Gasteiger partial charge in [-0.15, -0.1) is 0 Å². The van der Waals surface area contributed by atoms with Crippen LogP contribution < -0.4 is 10.6 Å². The van der Waals surface area contributed by atoms with Crippen LogP contribution in [-0.2, 0) is 0 Å². The zero-order valence-electron chi connectivity index (χ0n) is 10.8. The summed E-state index contributed by atoms with van der Waals surface area (Å²) >= 11 is 0. The largest absolute Gasteiger partial charge is 0.336 e. The molecule has 0 radical (unpaired) electrons. The number of nitrogens with zero attached hydrogens (tertiary/aromatic N) is 1. The molecule has 1 rings (SSSR count). The van der Waals surface area contributed by atoms with E-state index in [-0.39, 0.29) is 6.03 Å². The fourth-order valence-corrected chi connectivity index (χ4v) is 2.44. The zero-order chi connectivity index (χ0) is 12.0. The normalized spacial score (nSPS) is 19.7. The first-order valence-corrected chi connectivity index (χ1v) is 6.42. The lowest BCUT2D eigenvalue weighted by Gasteiger charge is -2.29. The minimum atomic E-state index is 0.102. The minimum absolute atomic E-state index is 0.102. The fraction of sp³-hybridized carbons (Fsp3) is 0.917. The van der Waals surface area contributed by atoms with Gasteiger partial charge >= 0.3 is 6.03 Å². The van der Waals surface area contributed by atoms with Gasteiger partial charge in [0, 0.05) is 25.7 Å². The van der Waals surface area contributed by atoms with E-state index in [9.17, 15) is 4.79 Å². The number of hydrogen-bond donors (Lipinski definition) is 2. The molecule has 1 saturated heterocycles. The van der Waals surface area contributed by atoms with Crippen LogP contribution >= 0.6 is 0 Å². The highest BCUT2D eigenvalue weighted by atomic mass is 16.2. The Balaban J connectivity index is 2.48. The van der Waals surface area contributed by atoms with Gasteiger partial charge in [-0.3, -0.25) is 0 Å². The van der Waals surface area contributed by atoms with Crippen LogP contribution in [0.2, 0.25) is 0 Å². The molecule has 4 nitrogen and oxygen atoms in total. The molecule has 16 heavy (non-hydrogen) atoms. The Morgan fingerprint density at radius 2 is 2.25 bits per heavy atom. The average molecular weight is 227 g/mol. The van der Waals surface area contributed by atoms with Gasteiger partial charge in [0.1, 0.15) is 0 Å². The van der Waals surface area contributed by atoms with Crippen LogP contribution in [0.15, 0.2) is 0 Å². The molecule has 0 aliphatic carbocycles. The van der Waals surface area contributed by atoms with Gasteiger partial charge in [-0.2, -0.15) is 0 Å². The molecule has 2 unspecified atom stereocenters. The summed E-state index contributed by atoms with van der Waals surface area (Å²) in [6.07, 6.45) is 3.49. The fourth-order valence-electron chi connectivity index (χ4n) is 2.44. The second-order valence-electron chi connectivity index (χ2n) is 4.53. The summed E-state index contributed by atoms with van der Waals surface area (Å²) in [6.45, 7) is 6.96. The Labute approximate surface area is 98.8 Å². The van der Waals surface area contributed by atoms with Gasteiger partial charge in [0.15, 0.2) is 0 Å². The van der Waals surface area contributed by atoms with Crippen molar-refractivity contribution in [3.63, 3.8) is 0 Å². The number of hydrogen-bond acceptors (Lipinski definition) is 2. The van der Waals surface area contributed by atoms with Gasteiger partial charge in [-0.05, 0) is 19.4 Å². The van der Waals surface area contributed by atoms with Crippen molar-refractivity contribution in [1.29, 1.82) is 0 Å². The summed E-state index contributed by atoms with van der Waals surface area (Å²) in [5.74, 6) is 0.564. The predicted octanol–water partition coefficient (Wildman–Crippen LogP) is 1.43. The SMILES string of the molecule is CCCC(NC)C(CC)CN1CCNC1=O. The van der Waals surface area contributed by atoms with Crippen LogP contribution in [-0.4, -0.2) is 43.7 Å². The second-order valence-corrected chi connectivity index (χ2v) is 4.53. The first-order valence-electron chi connectivity index (χ1n) is 6.42. The third-order valence-corrected chi connectivity index (χ3v) is 3.46.